The zero-order valence-electron chi connectivity index (χ0n) is 11.8. The second-order valence-corrected chi connectivity index (χ2v) is 4.91. The first-order valence-corrected chi connectivity index (χ1v) is 6.55. The molecule has 1 aliphatic rings. The molecule has 2 N–H and O–H groups in total. The monoisotopic (exact) mass is 328 g/mol. The van der Waals surface area contributed by atoms with Gasteiger partial charge in [-0.3, -0.25) is 19.7 Å². The van der Waals surface area contributed by atoms with Crippen LogP contribution in [0.25, 0.3) is 0 Å². The van der Waals surface area contributed by atoms with Gasteiger partial charge in [-0.05, 0) is 18.2 Å². The number of carbonyl (C=O) groups excluding carboxylic acids is 2. The molecule has 24 heavy (non-hydrogen) atoms. The van der Waals surface area contributed by atoms with E-state index in [9.17, 15) is 29.6 Å². The van der Waals surface area contributed by atoms with Gasteiger partial charge in [0.2, 0.25) is 0 Å². The smallest absolute Gasteiger partial charge is 0.339 e. The van der Waals surface area contributed by atoms with Gasteiger partial charge < -0.3 is 10.2 Å². The molecule has 1 heterocycles. The molecule has 0 bridgehead atoms. The third-order valence-electron chi connectivity index (χ3n) is 3.56. The van der Waals surface area contributed by atoms with Crippen molar-refractivity contribution in [3.63, 3.8) is 0 Å². The van der Waals surface area contributed by atoms with Crippen LogP contribution in [0.5, 0.6) is 5.75 Å². The molecule has 0 unspecified atom stereocenters. The van der Waals surface area contributed by atoms with E-state index in [0.717, 1.165) is 24.3 Å². The molecular weight excluding hydrogens is 320 g/mol. The van der Waals surface area contributed by atoms with Crippen molar-refractivity contribution >= 4 is 29.2 Å². The van der Waals surface area contributed by atoms with Crippen molar-refractivity contribution in [3.8, 4) is 5.75 Å². The molecule has 0 saturated heterocycles. The molecule has 0 radical (unpaired) electrons. The third-order valence-corrected chi connectivity index (χ3v) is 3.56. The first kappa shape index (κ1) is 15.2. The Bertz CT molecular complexity index is 935. The maximum absolute atomic E-state index is 12.5. The van der Waals surface area contributed by atoms with Crippen LogP contribution in [0.15, 0.2) is 36.4 Å². The Morgan fingerprint density at radius 1 is 1.12 bits per heavy atom. The summed E-state index contributed by atoms with van der Waals surface area (Å²) in [5, 5.41) is 29.6. The summed E-state index contributed by atoms with van der Waals surface area (Å²) in [5.74, 6) is -3.71. The number of imide groups is 1. The summed E-state index contributed by atoms with van der Waals surface area (Å²) in [6, 6.07) is 6.82. The molecule has 2 aromatic rings. The minimum absolute atomic E-state index is 0.0852. The van der Waals surface area contributed by atoms with Crippen LogP contribution in [0.3, 0.4) is 0 Å². The number of amides is 2. The van der Waals surface area contributed by atoms with Crippen LogP contribution in [0.2, 0.25) is 0 Å². The zero-order valence-corrected chi connectivity index (χ0v) is 11.8. The van der Waals surface area contributed by atoms with Crippen molar-refractivity contribution in [1.29, 1.82) is 0 Å². The van der Waals surface area contributed by atoms with Crippen molar-refractivity contribution in [1.82, 2.24) is 0 Å². The Morgan fingerprint density at radius 2 is 1.83 bits per heavy atom. The fourth-order valence-electron chi connectivity index (χ4n) is 2.49. The summed E-state index contributed by atoms with van der Waals surface area (Å²) in [4.78, 5) is 46.7. The number of fused-ring (bicyclic) bond motifs is 1. The number of carboxylic acids is 1. The van der Waals surface area contributed by atoms with Crippen LogP contribution < -0.4 is 4.90 Å². The fourth-order valence-corrected chi connectivity index (χ4v) is 2.49. The normalized spacial score (nSPS) is 13.1. The topological polar surface area (TPSA) is 138 Å². The predicted octanol–water partition coefficient (Wildman–Crippen LogP) is 1.80. The highest BCUT2D eigenvalue weighted by molar-refractivity contribution is 6.35. The number of nitro groups is 1. The Hall–Kier alpha value is -3.75. The number of nitrogens with zero attached hydrogens (tertiary/aromatic N) is 2. The average Bonchev–Trinajstić information content (AvgIpc) is 2.78. The molecule has 0 aliphatic carbocycles. The SMILES string of the molecule is O=C(O)c1ccc(N2C(=O)c3cccc([N+](=O)[O-])c3C2=O)cc1O. The Balaban J connectivity index is 2.12. The Kier molecular flexibility index (Phi) is 3.26. The van der Waals surface area contributed by atoms with E-state index in [1.807, 2.05) is 0 Å². The Labute approximate surface area is 133 Å². The minimum Gasteiger partial charge on any atom is -0.507 e. The van der Waals surface area contributed by atoms with Gasteiger partial charge in [-0.2, -0.15) is 0 Å². The van der Waals surface area contributed by atoms with Crippen LogP contribution in [0.1, 0.15) is 31.1 Å². The largest absolute Gasteiger partial charge is 0.507 e. The number of hydrogen-bond acceptors (Lipinski definition) is 6. The number of aromatic carboxylic acids is 1. The molecule has 9 nitrogen and oxygen atoms in total. The van der Waals surface area contributed by atoms with E-state index in [-0.39, 0.29) is 16.8 Å². The van der Waals surface area contributed by atoms with E-state index in [1.54, 1.807) is 0 Å². The number of nitro benzene ring substituents is 1. The zero-order chi connectivity index (χ0) is 17.6. The van der Waals surface area contributed by atoms with Gasteiger partial charge in [0.25, 0.3) is 17.5 Å². The molecule has 0 spiro atoms. The van der Waals surface area contributed by atoms with E-state index >= 15 is 0 Å². The quantitative estimate of drug-likeness (QED) is 0.497. The molecule has 0 atom stereocenters. The van der Waals surface area contributed by atoms with Crippen LogP contribution >= 0.6 is 0 Å². The van der Waals surface area contributed by atoms with Crippen LogP contribution in [-0.4, -0.2) is 32.9 Å². The van der Waals surface area contributed by atoms with Gasteiger partial charge in [-0.25, -0.2) is 9.69 Å². The van der Waals surface area contributed by atoms with Crippen molar-refractivity contribution in [2.75, 3.05) is 4.90 Å². The highest BCUT2D eigenvalue weighted by Gasteiger charge is 2.42. The summed E-state index contributed by atoms with van der Waals surface area (Å²) < 4.78 is 0. The van der Waals surface area contributed by atoms with E-state index in [4.69, 9.17) is 5.11 Å². The molecule has 0 aromatic heterocycles. The molecule has 3 rings (SSSR count). The highest BCUT2D eigenvalue weighted by Crippen LogP contribution is 2.35. The predicted molar refractivity (Wildman–Crippen MR) is 79.3 cm³/mol. The van der Waals surface area contributed by atoms with Gasteiger partial charge in [0.15, 0.2) is 0 Å². The van der Waals surface area contributed by atoms with Gasteiger partial charge in [0.1, 0.15) is 16.9 Å². The fraction of sp³-hybridized carbons (Fsp3) is 0. The first-order chi connectivity index (χ1) is 11.3. The van der Waals surface area contributed by atoms with Gasteiger partial charge in [-0.1, -0.05) is 6.07 Å². The maximum Gasteiger partial charge on any atom is 0.339 e. The van der Waals surface area contributed by atoms with Crippen LogP contribution in [0.4, 0.5) is 11.4 Å². The number of hydrogen-bond donors (Lipinski definition) is 2. The summed E-state index contributed by atoms with van der Waals surface area (Å²) in [5.41, 5.74) is -1.45. The van der Waals surface area contributed by atoms with Crippen molar-refractivity contribution in [3.05, 3.63) is 63.2 Å². The summed E-state index contributed by atoms with van der Waals surface area (Å²) in [6.07, 6.45) is 0. The van der Waals surface area contributed by atoms with Gasteiger partial charge in [0, 0.05) is 12.1 Å². The lowest BCUT2D eigenvalue weighted by molar-refractivity contribution is -0.385. The molecular formula is C15H8N2O7. The summed E-state index contributed by atoms with van der Waals surface area (Å²) >= 11 is 0. The third kappa shape index (κ3) is 2.07. The average molecular weight is 328 g/mol. The maximum atomic E-state index is 12.5. The van der Waals surface area contributed by atoms with Crippen molar-refractivity contribution in [2.45, 2.75) is 0 Å². The van der Waals surface area contributed by atoms with Gasteiger partial charge in [0.05, 0.1) is 16.2 Å². The number of rotatable bonds is 3. The van der Waals surface area contributed by atoms with E-state index in [0.29, 0.717) is 4.90 Å². The number of phenols is 1. The second kappa shape index (κ2) is 5.16. The van der Waals surface area contributed by atoms with E-state index in [1.165, 1.54) is 12.1 Å². The van der Waals surface area contributed by atoms with E-state index in [2.05, 4.69) is 0 Å². The van der Waals surface area contributed by atoms with E-state index < -0.39 is 39.7 Å². The molecule has 2 amide bonds. The lowest BCUT2D eigenvalue weighted by atomic mass is 10.1. The second-order valence-electron chi connectivity index (χ2n) is 4.91. The molecule has 120 valence electrons. The first-order valence-electron chi connectivity index (χ1n) is 6.55. The number of benzene rings is 2. The molecule has 9 heteroatoms. The Morgan fingerprint density at radius 3 is 2.42 bits per heavy atom. The standard InChI is InChI=1S/C15H8N2O7/c18-11-6-7(4-5-8(11)15(21)22)16-13(19)9-2-1-3-10(17(23)24)12(9)14(16)20/h1-6,18H,(H,21,22). The summed E-state index contributed by atoms with van der Waals surface area (Å²) in [7, 11) is 0. The highest BCUT2D eigenvalue weighted by atomic mass is 16.6. The van der Waals surface area contributed by atoms with Gasteiger partial charge in [-0.15, -0.1) is 0 Å². The summed E-state index contributed by atoms with van der Waals surface area (Å²) in [6.45, 7) is 0. The number of aromatic hydroxyl groups is 1. The van der Waals surface area contributed by atoms with Crippen LogP contribution in [0, 0.1) is 10.1 Å². The molecule has 1 aliphatic heterocycles. The minimum atomic E-state index is -1.38. The van der Waals surface area contributed by atoms with Gasteiger partial charge >= 0.3 is 5.97 Å². The lowest BCUT2D eigenvalue weighted by Crippen LogP contribution is -2.29. The number of anilines is 1. The molecule has 0 saturated carbocycles. The number of carbonyl (C=O) groups is 3. The number of carboxylic acid groups (broad SMARTS) is 1. The lowest BCUT2D eigenvalue weighted by Gasteiger charge is -2.14. The molecule has 2 aromatic carbocycles. The van der Waals surface area contributed by atoms with Crippen LogP contribution in [-0.2, 0) is 0 Å². The van der Waals surface area contributed by atoms with Crippen molar-refractivity contribution < 1.29 is 29.5 Å². The molecule has 0 fully saturated rings. The van der Waals surface area contributed by atoms with Crippen molar-refractivity contribution in [2.24, 2.45) is 0 Å².